The number of aromatic hydroxyl groups is 1. The summed E-state index contributed by atoms with van der Waals surface area (Å²) < 4.78 is 6.05. The van der Waals surface area contributed by atoms with Crippen molar-refractivity contribution in [2.24, 2.45) is 0 Å². The number of benzene rings is 1. The van der Waals surface area contributed by atoms with Crippen LogP contribution in [0.4, 0.5) is 0 Å². The third-order valence-electron chi connectivity index (χ3n) is 3.35. The summed E-state index contributed by atoms with van der Waals surface area (Å²) in [6, 6.07) is 4.88. The lowest BCUT2D eigenvalue weighted by atomic mass is 10.1. The molecule has 1 aliphatic rings. The number of phenolic OH excluding ortho intramolecular Hbond substituents is 1. The molecule has 0 unspecified atom stereocenters. The Kier molecular flexibility index (Phi) is 3.42. The fraction of sp³-hybridized carbons (Fsp3) is 0.286. The predicted octanol–water partition coefficient (Wildman–Crippen LogP) is 1.89. The number of carbonyl (C=O) groups excluding carboxylic acids is 2. The monoisotopic (exact) mass is 291 g/mol. The summed E-state index contributed by atoms with van der Waals surface area (Å²) in [5.41, 5.74) is 0.236. The van der Waals surface area contributed by atoms with E-state index in [4.69, 9.17) is 4.74 Å². The molecule has 1 fully saturated rings. The smallest absolute Gasteiger partial charge is 0.264 e. The van der Waals surface area contributed by atoms with Crippen molar-refractivity contribution in [3.63, 3.8) is 0 Å². The second-order valence-electron chi connectivity index (χ2n) is 4.54. The van der Waals surface area contributed by atoms with Gasteiger partial charge in [0.05, 0.1) is 23.7 Å². The average molecular weight is 291 g/mol. The molecular weight excluding hydrogens is 278 g/mol. The number of phenols is 1. The Labute approximate surface area is 119 Å². The fourth-order valence-electron chi connectivity index (χ4n) is 2.27. The Bertz CT molecular complexity index is 673. The molecule has 1 aromatic carbocycles. The van der Waals surface area contributed by atoms with E-state index in [1.165, 1.54) is 17.4 Å². The van der Waals surface area contributed by atoms with Crippen LogP contribution in [-0.4, -0.2) is 48.5 Å². The van der Waals surface area contributed by atoms with E-state index in [1.54, 1.807) is 17.0 Å². The van der Waals surface area contributed by atoms with Crippen LogP contribution >= 0.6 is 11.3 Å². The number of nitrogens with zero attached hydrogens (tertiary/aromatic N) is 1. The average Bonchev–Trinajstić information content (AvgIpc) is 2.91. The fourth-order valence-corrected chi connectivity index (χ4v) is 3.32. The molecule has 5 nitrogen and oxygen atoms in total. The van der Waals surface area contributed by atoms with E-state index in [0.717, 1.165) is 4.70 Å². The van der Waals surface area contributed by atoms with Crippen molar-refractivity contribution in [2.45, 2.75) is 0 Å². The Morgan fingerprint density at radius 2 is 2.10 bits per heavy atom. The first kappa shape index (κ1) is 13.1. The number of ether oxygens (including phenoxy) is 1. The second kappa shape index (κ2) is 5.22. The van der Waals surface area contributed by atoms with E-state index in [1.807, 2.05) is 0 Å². The van der Waals surface area contributed by atoms with Crippen LogP contribution in [0.15, 0.2) is 18.2 Å². The maximum atomic E-state index is 12.4. The number of rotatable bonds is 2. The maximum absolute atomic E-state index is 12.4. The third kappa shape index (κ3) is 2.17. The van der Waals surface area contributed by atoms with Gasteiger partial charge in [-0.2, -0.15) is 0 Å². The van der Waals surface area contributed by atoms with Crippen molar-refractivity contribution in [3.05, 3.63) is 28.6 Å². The van der Waals surface area contributed by atoms with E-state index in [0.29, 0.717) is 42.9 Å². The van der Waals surface area contributed by atoms with Crippen LogP contribution in [0.5, 0.6) is 5.75 Å². The first-order chi connectivity index (χ1) is 9.70. The number of hydrogen-bond acceptors (Lipinski definition) is 5. The molecule has 20 heavy (non-hydrogen) atoms. The van der Waals surface area contributed by atoms with Gasteiger partial charge in [-0.15, -0.1) is 11.3 Å². The minimum atomic E-state index is -0.0596. The SMILES string of the molecule is O=Cc1c(O)ccc2sc(C(=O)N3CCOCC3)cc12. The van der Waals surface area contributed by atoms with Gasteiger partial charge in [-0.25, -0.2) is 0 Å². The zero-order valence-corrected chi connectivity index (χ0v) is 11.5. The van der Waals surface area contributed by atoms with Gasteiger partial charge >= 0.3 is 0 Å². The Morgan fingerprint density at radius 3 is 2.80 bits per heavy atom. The van der Waals surface area contributed by atoms with Gasteiger partial charge in [-0.1, -0.05) is 0 Å². The summed E-state index contributed by atoms with van der Waals surface area (Å²) >= 11 is 1.34. The highest BCUT2D eigenvalue weighted by molar-refractivity contribution is 7.20. The molecule has 0 radical (unpaired) electrons. The Hall–Kier alpha value is -1.92. The van der Waals surface area contributed by atoms with Gasteiger partial charge < -0.3 is 14.7 Å². The van der Waals surface area contributed by atoms with Gasteiger partial charge in [-0.05, 0) is 18.2 Å². The number of fused-ring (bicyclic) bond motifs is 1. The number of amides is 1. The molecule has 3 rings (SSSR count). The minimum Gasteiger partial charge on any atom is -0.507 e. The van der Waals surface area contributed by atoms with Crippen molar-refractivity contribution in [3.8, 4) is 5.75 Å². The van der Waals surface area contributed by atoms with Gasteiger partial charge in [0, 0.05) is 23.2 Å². The van der Waals surface area contributed by atoms with Crippen LogP contribution in [0, 0.1) is 0 Å². The van der Waals surface area contributed by atoms with E-state index in [-0.39, 0.29) is 17.2 Å². The van der Waals surface area contributed by atoms with Gasteiger partial charge in [-0.3, -0.25) is 9.59 Å². The van der Waals surface area contributed by atoms with Crippen LogP contribution < -0.4 is 0 Å². The first-order valence-electron chi connectivity index (χ1n) is 6.28. The number of hydrogen-bond donors (Lipinski definition) is 1. The zero-order valence-electron chi connectivity index (χ0n) is 10.7. The summed E-state index contributed by atoms with van der Waals surface area (Å²) in [4.78, 5) is 25.8. The Balaban J connectivity index is 2.00. The number of morpholine rings is 1. The lowest BCUT2D eigenvalue weighted by Gasteiger charge is -2.26. The number of thiophene rings is 1. The van der Waals surface area contributed by atoms with Crippen LogP contribution in [0.2, 0.25) is 0 Å². The molecule has 0 atom stereocenters. The molecular formula is C14H13NO4S. The molecule has 2 aromatic rings. The zero-order chi connectivity index (χ0) is 14.1. The molecule has 2 heterocycles. The van der Waals surface area contributed by atoms with Gasteiger partial charge in [0.25, 0.3) is 5.91 Å². The lowest BCUT2D eigenvalue weighted by Crippen LogP contribution is -2.40. The quantitative estimate of drug-likeness (QED) is 0.858. The van der Waals surface area contributed by atoms with Gasteiger partial charge in [0.2, 0.25) is 0 Å². The molecule has 1 aliphatic heterocycles. The van der Waals surface area contributed by atoms with Crippen molar-refractivity contribution in [2.75, 3.05) is 26.3 Å². The van der Waals surface area contributed by atoms with Gasteiger partial charge in [0.15, 0.2) is 6.29 Å². The van der Waals surface area contributed by atoms with Crippen LogP contribution in [0.25, 0.3) is 10.1 Å². The molecule has 1 amide bonds. The topological polar surface area (TPSA) is 66.8 Å². The standard InChI is InChI=1S/C14H13NO4S/c16-8-10-9-7-13(20-12(9)2-1-11(10)17)14(18)15-3-5-19-6-4-15/h1-2,7-8,17H,3-6H2. The highest BCUT2D eigenvalue weighted by Crippen LogP contribution is 2.33. The van der Waals surface area contributed by atoms with Crippen molar-refractivity contribution < 1.29 is 19.4 Å². The predicted molar refractivity (Wildman–Crippen MR) is 75.6 cm³/mol. The Morgan fingerprint density at radius 1 is 1.35 bits per heavy atom. The molecule has 0 aliphatic carbocycles. The molecule has 104 valence electrons. The van der Waals surface area contributed by atoms with E-state index < -0.39 is 0 Å². The molecule has 0 bridgehead atoms. The van der Waals surface area contributed by atoms with E-state index in [9.17, 15) is 14.7 Å². The maximum Gasteiger partial charge on any atom is 0.264 e. The van der Waals surface area contributed by atoms with E-state index in [2.05, 4.69) is 0 Å². The number of carbonyl (C=O) groups is 2. The van der Waals surface area contributed by atoms with Crippen molar-refractivity contribution in [1.29, 1.82) is 0 Å². The molecule has 0 spiro atoms. The largest absolute Gasteiger partial charge is 0.507 e. The van der Waals surface area contributed by atoms with E-state index >= 15 is 0 Å². The third-order valence-corrected chi connectivity index (χ3v) is 4.43. The molecule has 6 heteroatoms. The molecule has 1 saturated heterocycles. The molecule has 1 N–H and O–H groups in total. The van der Waals surface area contributed by atoms with Crippen LogP contribution in [0.3, 0.4) is 0 Å². The summed E-state index contributed by atoms with van der Waals surface area (Å²) in [6.07, 6.45) is 0.618. The summed E-state index contributed by atoms with van der Waals surface area (Å²) in [7, 11) is 0. The summed E-state index contributed by atoms with van der Waals surface area (Å²) in [6.45, 7) is 2.27. The summed E-state index contributed by atoms with van der Waals surface area (Å²) in [5.74, 6) is -0.110. The van der Waals surface area contributed by atoms with Crippen molar-refractivity contribution in [1.82, 2.24) is 4.90 Å². The minimum absolute atomic E-state index is 0.0501. The highest BCUT2D eigenvalue weighted by atomic mass is 32.1. The van der Waals surface area contributed by atoms with Crippen LogP contribution in [-0.2, 0) is 4.74 Å². The summed E-state index contributed by atoms with van der Waals surface area (Å²) in [5, 5.41) is 10.3. The normalized spacial score (nSPS) is 15.5. The number of aldehydes is 1. The first-order valence-corrected chi connectivity index (χ1v) is 7.10. The van der Waals surface area contributed by atoms with Crippen LogP contribution in [0.1, 0.15) is 20.0 Å². The van der Waals surface area contributed by atoms with Crippen molar-refractivity contribution >= 4 is 33.6 Å². The second-order valence-corrected chi connectivity index (χ2v) is 5.63. The molecule has 0 saturated carbocycles. The van der Waals surface area contributed by atoms with Gasteiger partial charge in [0.1, 0.15) is 5.75 Å². The lowest BCUT2D eigenvalue weighted by molar-refractivity contribution is 0.0306. The highest BCUT2D eigenvalue weighted by Gasteiger charge is 2.21. The molecule has 1 aromatic heterocycles.